The minimum absolute atomic E-state index is 0.426. The number of benzene rings is 1. The van der Waals surface area contributed by atoms with Gasteiger partial charge in [-0.15, -0.1) is 0 Å². The smallest absolute Gasteiger partial charge is 0.0997 e. The van der Waals surface area contributed by atoms with Gasteiger partial charge in [0.1, 0.15) is 0 Å². The zero-order valence-electron chi connectivity index (χ0n) is 12.3. The van der Waals surface area contributed by atoms with Gasteiger partial charge in [0.2, 0.25) is 0 Å². The van der Waals surface area contributed by atoms with Crippen molar-refractivity contribution in [1.82, 2.24) is 14.9 Å². The van der Waals surface area contributed by atoms with Crippen molar-refractivity contribution < 1.29 is 0 Å². The zero-order chi connectivity index (χ0) is 13.8. The maximum Gasteiger partial charge on any atom is 0.0997 e. The molecule has 102 valence electrons. The van der Waals surface area contributed by atoms with E-state index in [1.807, 2.05) is 13.3 Å². The summed E-state index contributed by atoms with van der Waals surface area (Å²) in [5.74, 6) is 0. The van der Waals surface area contributed by atoms with Crippen LogP contribution in [0.15, 0.2) is 30.6 Å². The average Bonchev–Trinajstić information content (AvgIpc) is 2.76. The molecule has 1 N–H and O–H groups in total. The molecule has 0 spiro atoms. The van der Waals surface area contributed by atoms with Gasteiger partial charge in [0.25, 0.3) is 0 Å². The van der Waals surface area contributed by atoms with Crippen LogP contribution in [-0.2, 0) is 0 Å². The molecular weight excluding hydrogens is 234 g/mol. The molecule has 1 atom stereocenters. The van der Waals surface area contributed by atoms with Crippen LogP contribution < -0.4 is 5.32 Å². The van der Waals surface area contributed by atoms with Crippen molar-refractivity contribution in [3.8, 4) is 5.69 Å². The molecule has 0 bridgehead atoms. The molecule has 0 aliphatic rings. The topological polar surface area (TPSA) is 29.9 Å². The Morgan fingerprint density at radius 1 is 1.26 bits per heavy atom. The Labute approximate surface area is 115 Å². The molecule has 0 fully saturated rings. The number of nitrogens with zero attached hydrogens (tertiary/aromatic N) is 2. The molecule has 0 amide bonds. The van der Waals surface area contributed by atoms with E-state index >= 15 is 0 Å². The number of aryl methyl sites for hydroxylation is 1. The summed E-state index contributed by atoms with van der Waals surface area (Å²) in [5.41, 5.74) is 4.82. The third kappa shape index (κ3) is 2.87. The molecule has 0 aliphatic carbocycles. The van der Waals surface area contributed by atoms with E-state index in [2.05, 4.69) is 59.9 Å². The molecule has 19 heavy (non-hydrogen) atoms. The van der Waals surface area contributed by atoms with Crippen LogP contribution in [0, 0.1) is 13.8 Å². The Hall–Kier alpha value is -1.61. The lowest BCUT2D eigenvalue weighted by atomic mass is 10.0. The lowest BCUT2D eigenvalue weighted by molar-refractivity contribution is 0.537. The highest BCUT2D eigenvalue weighted by Crippen LogP contribution is 2.21. The largest absolute Gasteiger partial charge is 0.310 e. The van der Waals surface area contributed by atoms with E-state index in [1.165, 1.54) is 16.9 Å². The normalized spacial score (nSPS) is 12.6. The minimum atomic E-state index is 0.426. The first-order valence-electron chi connectivity index (χ1n) is 7.01. The fourth-order valence-corrected chi connectivity index (χ4v) is 2.39. The Morgan fingerprint density at radius 3 is 2.63 bits per heavy atom. The van der Waals surface area contributed by atoms with E-state index in [-0.39, 0.29) is 0 Å². The van der Waals surface area contributed by atoms with Crippen molar-refractivity contribution in [1.29, 1.82) is 0 Å². The second kappa shape index (κ2) is 6.02. The lowest BCUT2D eigenvalue weighted by Crippen LogP contribution is -2.20. The van der Waals surface area contributed by atoms with Crippen LogP contribution in [0.3, 0.4) is 0 Å². The molecule has 1 unspecified atom stereocenters. The Bertz CT molecular complexity index is 543. The number of hydrogen-bond acceptors (Lipinski definition) is 2. The zero-order valence-corrected chi connectivity index (χ0v) is 12.3. The van der Waals surface area contributed by atoms with Gasteiger partial charge >= 0.3 is 0 Å². The van der Waals surface area contributed by atoms with Crippen LogP contribution >= 0.6 is 0 Å². The van der Waals surface area contributed by atoms with Crippen molar-refractivity contribution in [3.05, 3.63) is 47.5 Å². The first kappa shape index (κ1) is 13.8. The molecule has 3 nitrogen and oxygen atoms in total. The molecule has 2 rings (SSSR count). The summed E-state index contributed by atoms with van der Waals surface area (Å²) in [7, 11) is 0. The molecule has 0 saturated carbocycles. The third-order valence-corrected chi connectivity index (χ3v) is 3.66. The first-order valence-corrected chi connectivity index (χ1v) is 7.01. The van der Waals surface area contributed by atoms with Gasteiger partial charge in [-0.2, -0.15) is 0 Å². The predicted molar refractivity (Wildman–Crippen MR) is 79.7 cm³/mol. The maximum atomic E-state index is 4.37. The van der Waals surface area contributed by atoms with Crippen molar-refractivity contribution in [2.24, 2.45) is 0 Å². The van der Waals surface area contributed by atoms with Gasteiger partial charge in [0.15, 0.2) is 0 Å². The third-order valence-electron chi connectivity index (χ3n) is 3.66. The molecule has 1 heterocycles. The minimum Gasteiger partial charge on any atom is -0.310 e. The van der Waals surface area contributed by atoms with Crippen molar-refractivity contribution in [2.45, 2.75) is 40.2 Å². The molecule has 0 radical (unpaired) electrons. The molecular formula is C16H23N3. The van der Waals surface area contributed by atoms with Gasteiger partial charge in [-0.25, -0.2) is 4.98 Å². The van der Waals surface area contributed by atoms with E-state index in [1.54, 1.807) is 0 Å². The average molecular weight is 257 g/mol. The number of hydrogen-bond donors (Lipinski definition) is 1. The highest BCUT2D eigenvalue weighted by Gasteiger charge is 2.10. The van der Waals surface area contributed by atoms with Crippen LogP contribution in [0.25, 0.3) is 5.69 Å². The summed E-state index contributed by atoms with van der Waals surface area (Å²) in [4.78, 5) is 4.37. The molecule has 0 aliphatic heterocycles. The van der Waals surface area contributed by atoms with Crippen LogP contribution in [-0.4, -0.2) is 16.1 Å². The molecule has 3 heteroatoms. The Morgan fingerprint density at radius 2 is 2.05 bits per heavy atom. The van der Waals surface area contributed by atoms with Gasteiger partial charge in [-0.05, 0) is 44.5 Å². The van der Waals surface area contributed by atoms with E-state index in [0.29, 0.717) is 6.04 Å². The molecule has 1 aromatic carbocycles. The summed E-state index contributed by atoms with van der Waals surface area (Å²) in [6.07, 6.45) is 3.00. The van der Waals surface area contributed by atoms with Crippen molar-refractivity contribution in [2.75, 3.05) is 6.54 Å². The predicted octanol–water partition coefficient (Wildman–Crippen LogP) is 3.55. The fourth-order valence-electron chi connectivity index (χ4n) is 2.39. The van der Waals surface area contributed by atoms with Gasteiger partial charge in [-0.3, -0.25) is 0 Å². The SMILES string of the molecule is CCNC(CC)c1cccc(-n2cnc(C)c2C)c1. The Balaban J connectivity index is 2.36. The first-order chi connectivity index (χ1) is 9.17. The van der Waals surface area contributed by atoms with Crippen LogP contribution in [0.4, 0.5) is 0 Å². The molecule has 2 aromatic rings. The van der Waals surface area contributed by atoms with E-state index in [0.717, 1.165) is 18.7 Å². The second-order valence-corrected chi connectivity index (χ2v) is 4.90. The van der Waals surface area contributed by atoms with Gasteiger partial charge in [0.05, 0.1) is 12.0 Å². The van der Waals surface area contributed by atoms with Gasteiger partial charge in [-0.1, -0.05) is 26.0 Å². The second-order valence-electron chi connectivity index (χ2n) is 4.90. The molecule has 1 aromatic heterocycles. The Kier molecular flexibility index (Phi) is 4.38. The van der Waals surface area contributed by atoms with Crippen LogP contribution in [0.2, 0.25) is 0 Å². The number of nitrogens with one attached hydrogen (secondary N) is 1. The highest BCUT2D eigenvalue weighted by atomic mass is 15.1. The summed E-state index contributed by atoms with van der Waals surface area (Å²) < 4.78 is 2.15. The van der Waals surface area contributed by atoms with Crippen LogP contribution in [0.1, 0.15) is 43.3 Å². The quantitative estimate of drug-likeness (QED) is 0.887. The van der Waals surface area contributed by atoms with E-state index < -0.39 is 0 Å². The van der Waals surface area contributed by atoms with Crippen LogP contribution in [0.5, 0.6) is 0 Å². The number of aromatic nitrogens is 2. The standard InChI is InChI=1S/C16H23N3/c1-5-16(17-6-2)14-8-7-9-15(10-14)19-11-18-12(3)13(19)4/h7-11,16-17H,5-6H2,1-4H3. The molecule has 0 saturated heterocycles. The summed E-state index contributed by atoms with van der Waals surface area (Å²) >= 11 is 0. The summed E-state index contributed by atoms with van der Waals surface area (Å²) in [6, 6.07) is 9.13. The summed E-state index contributed by atoms with van der Waals surface area (Å²) in [6.45, 7) is 9.51. The fraction of sp³-hybridized carbons (Fsp3) is 0.438. The monoisotopic (exact) mass is 257 g/mol. The maximum absolute atomic E-state index is 4.37. The number of rotatable bonds is 5. The lowest BCUT2D eigenvalue weighted by Gasteiger charge is -2.17. The van der Waals surface area contributed by atoms with Gasteiger partial charge in [0, 0.05) is 17.4 Å². The highest BCUT2D eigenvalue weighted by molar-refractivity contribution is 5.39. The number of imidazole rings is 1. The van der Waals surface area contributed by atoms with Gasteiger partial charge < -0.3 is 9.88 Å². The van der Waals surface area contributed by atoms with E-state index in [4.69, 9.17) is 0 Å². The van der Waals surface area contributed by atoms with E-state index in [9.17, 15) is 0 Å². The van der Waals surface area contributed by atoms with Crippen molar-refractivity contribution in [3.63, 3.8) is 0 Å². The summed E-state index contributed by atoms with van der Waals surface area (Å²) in [5, 5.41) is 3.52. The van der Waals surface area contributed by atoms with Crippen molar-refractivity contribution >= 4 is 0 Å².